The lowest BCUT2D eigenvalue weighted by molar-refractivity contribution is 0.426. The summed E-state index contributed by atoms with van der Waals surface area (Å²) in [5, 5.41) is 3.52. The van der Waals surface area contributed by atoms with E-state index < -0.39 is 0 Å². The monoisotopic (exact) mass is 233 g/mol. The molecule has 0 saturated carbocycles. The first-order valence-corrected chi connectivity index (χ1v) is 6.86. The van der Waals surface area contributed by atoms with Gasteiger partial charge in [0.05, 0.1) is 0 Å². The molecule has 0 amide bonds. The highest BCUT2D eigenvalue weighted by atomic mass is 14.9. The largest absolute Gasteiger partial charge is 0.314 e. The van der Waals surface area contributed by atoms with E-state index >= 15 is 0 Å². The predicted octanol–water partition coefficient (Wildman–Crippen LogP) is 3.99. The molecule has 2 atom stereocenters. The van der Waals surface area contributed by atoms with Crippen LogP contribution in [0.2, 0.25) is 0 Å². The van der Waals surface area contributed by atoms with Crippen LogP contribution in [0.25, 0.3) is 0 Å². The molecule has 1 heteroatoms. The van der Waals surface area contributed by atoms with Gasteiger partial charge in [-0.25, -0.2) is 0 Å². The third-order valence-corrected chi connectivity index (χ3v) is 3.59. The van der Waals surface area contributed by atoms with Crippen molar-refractivity contribution in [2.75, 3.05) is 6.54 Å². The first-order valence-electron chi connectivity index (χ1n) is 6.86. The second kappa shape index (κ2) is 6.80. The van der Waals surface area contributed by atoms with E-state index in [2.05, 4.69) is 64.2 Å². The molecule has 96 valence electrons. The maximum atomic E-state index is 3.52. The molecule has 1 aromatic carbocycles. The Morgan fingerprint density at radius 2 is 1.82 bits per heavy atom. The van der Waals surface area contributed by atoms with E-state index in [1.165, 1.54) is 11.1 Å². The molecule has 0 aliphatic rings. The first-order chi connectivity index (χ1) is 8.04. The minimum atomic E-state index is 0.576. The number of benzene rings is 1. The summed E-state index contributed by atoms with van der Waals surface area (Å²) in [7, 11) is 0. The zero-order valence-electron chi connectivity index (χ0n) is 12.0. The van der Waals surface area contributed by atoms with Gasteiger partial charge in [-0.05, 0) is 35.9 Å². The topological polar surface area (TPSA) is 12.0 Å². The summed E-state index contributed by atoms with van der Waals surface area (Å²) in [6, 6.07) is 9.60. The van der Waals surface area contributed by atoms with E-state index in [4.69, 9.17) is 0 Å². The molecule has 0 aliphatic heterocycles. The number of hydrogen-bond acceptors (Lipinski definition) is 1. The molecule has 1 nitrogen and oxygen atoms in total. The van der Waals surface area contributed by atoms with Gasteiger partial charge in [0.1, 0.15) is 0 Å². The van der Waals surface area contributed by atoms with Crippen LogP contribution in [0.15, 0.2) is 24.3 Å². The lowest BCUT2D eigenvalue weighted by Gasteiger charge is -2.22. The zero-order chi connectivity index (χ0) is 12.8. The summed E-state index contributed by atoms with van der Waals surface area (Å²) >= 11 is 0. The van der Waals surface area contributed by atoms with Gasteiger partial charge >= 0.3 is 0 Å². The average molecular weight is 233 g/mol. The summed E-state index contributed by atoms with van der Waals surface area (Å²) in [6.45, 7) is 12.4. The first kappa shape index (κ1) is 14.2. The number of nitrogens with one attached hydrogen (secondary N) is 1. The molecule has 0 aliphatic carbocycles. The Kier molecular flexibility index (Phi) is 5.70. The molecule has 17 heavy (non-hydrogen) atoms. The van der Waals surface area contributed by atoms with Crippen LogP contribution in [0.1, 0.15) is 51.7 Å². The van der Waals surface area contributed by atoms with Crippen molar-refractivity contribution in [2.24, 2.45) is 5.92 Å². The van der Waals surface area contributed by atoms with Gasteiger partial charge in [-0.15, -0.1) is 0 Å². The quantitative estimate of drug-likeness (QED) is 0.783. The van der Waals surface area contributed by atoms with E-state index in [9.17, 15) is 0 Å². The summed E-state index contributed by atoms with van der Waals surface area (Å²) in [5.74, 6) is 1.29. The Labute approximate surface area is 107 Å². The van der Waals surface area contributed by atoms with Gasteiger partial charge in [0, 0.05) is 6.04 Å². The van der Waals surface area contributed by atoms with E-state index in [-0.39, 0.29) is 0 Å². The average Bonchev–Trinajstić information content (AvgIpc) is 2.35. The Balaban J connectivity index is 2.63. The van der Waals surface area contributed by atoms with Crippen molar-refractivity contribution in [3.8, 4) is 0 Å². The van der Waals surface area contributed by atoms with Gasteiger partial charge in [0.25, 0.3) is 0 Å². The van der Waals surface area contributed by atoms with Crippen LogP contribution in [-0.2, 0) is 6.42 Å². The fourth-order valence-electron chi connectivity index (χ4n) is 2.02. The van der Waals surface area contributed by atoms with Crippen LogP contribution in [-0.4, -0.2) is 12.6 Å². The highest BCUT2D eigenvalue weighted by Gasteiger charge is 2.14. The fourth-order valence-corrected chi connectivity index (χ4v) is 2.02. The Bertz CT molecular complexity index is 330. The Morgan fingerprint density at radius 1 is 1.12 bits per heavy atom. The van der Waals surface area contributed by atoms with E-state index in [1.807, 2.05) is 0 Å². The molecule has 1 N–H and O–H groups in total. The third kappa shape index (κ3) is 4.51. The van der Waals surface area contributed by atoms with E-state index in [1.54, 1.807) is 0 Å². The maximum Gasteiger partial charge on any atom is 0.00104 e. The normalized spacial score (nSPS) is 14.9. The lowest BCUT2D eigenvalue weighted by atomic mass is 9.88. The molecule has 0 heterocycles. The molecular formula is C16H27N. The highest BCUT2D eigenvalue weighted by molar-refractivity contribution is 5.26. The SMILES string of the molecule is CCc1cccc(C(C)C(C)CNC(C)C)c1. The summed E-state index contributed by atoms with van der Waals surface area (Å²) in [6.07, 6.45) is 1.12. The van der Waals surface area contributed by atoms with Crippen LogP contribution in [0, 0.1) is 5.92 Å². The molecule has 1 aromatic rings. The Hall–Kier alpha value is -0.820. The van der Waals surface area contributed by atoms with Crippen LogP contribution >= 0.6 is 0 Å². The fraction of sp³-hybridized carbons (Fsp3) is 0.625. The molecule has 2 unspecified atom stereocenters. The molecule has 0 spiro atoms. The Morgan fingerprint density at radius 3 is 2.41 bits per heavy atom. The van der Waals surface area contributed by atoms with Crippen LogP contribution in [0.5, 0.6) is 0 Å². The van der Waals surface area contributed by atoms with E-state index in [0.717, 1.165) is 13.0 Å². The summed E-state index contributed by atoms with van der Waals surface area (Å²) < 4.78 is 0. The molecule has 0 fully saturated rings. The van der Waals surface area contributed by atoms with Gasteiger partial charge in [-0.2, -0.15) is 0 Å². The smallest absolute Gasteiger partial charge is 0.00104 e. The number of aryl methyl sites for hydroxylation is 1. The highest BCUT2D eigenvalue weighted by Crippen LogP contribution is 2.24. The van der Waals surface area contributed by atoms with Crippen molar-refractivity contribution < 1.29 is 0 Å². The summed E-state index contributed by atoms with van der Waals surface area (Å²) in [4.78, 5) is 0. The van der Waals surface area contributed by atoms with Crippen LogP contribution in [0.4, 0.5) is 0 Å². The van der Waals surface area contributed by atoms with Crippen LogP contribution in [0.3, 0.4) is 0 Å². The van der Waals surface area contributed by atoms with Crippen molar-refractivity contribution in [2.45, 2.75) is 53.0 Å². The van der Waals surface area contributed by atoms with Crippen molar-refractivity contribution >= 4 is 0 Å². The van der Waals surface area contributed by atoms with Crippen molar-refractivity contribution in [1.29, 1.82) is 0 Å². The molecule has 0 aromatic heterocycles. The van der Waals surface area contributed by atoms with Gasteiger partial charge in [-0.1, -0.05) is 58.9 Å². The molecule has 0 radical (unpaired) electrons. The van der Waals surface area contributed by atoms with Crippen molar-refractivity contribution in [3.05, 3.63) is 35.4 Å². The third-order valence-electron chi connectivity index (χ3n) is 3.59. The number of rotatable bonds is 6. The van der Waals surface area contributed by atoms with Crippen LogP contribution < -0.4 is 5.32 Å². The van der Waals surface area contributed by atoms with Gasteiger partial charge < -0.3 is 5.32 Å². The summed E-state index contributed by atoms with van der Waals surface area (Å²) in [5.41, 5.74) is 2.92. The lowest BCUT2D eigenvalue weighted by Crippen LogP contribution is -2.29. The van der Waals surface area contributed by atoms with Crippen molar-refractivity contribution in [1.82, 2.24) is 5.32 Å². The second-order valence-corrected chi connectivity index (χ2v) is 5.43. The minimum absolute atomic E-state index is 0.576. The zero-order valence-corrected chi connectivity index (χ0v) is 12.0. The van der Waals surface area contributed by atoms with Crippen molar-refractivity contribution in [3.63, 3.8) is 0 Å². The van der Waals surface area contributed by atoms with Gasteiger partial charge in [0.15, 0.2) is 0 Å². The standard InChI is InChI=1S/C16H27N/c1-6-15-8-7-9-16(10-15)14(5)13(4)11-17-12(2)3/h7-10,12-14,17H,6,11H2,1-5H3. The molecule has 1 rings (SSSR count). The molecule has 0 bridgehead atoms. The maximum absolute atomic E-state index is 3.52. The molecule has 0 saturated heterocycles. The van der Waals surface area contributed by atoms with Gasteiger partial charge in [-0.3, -0.25) is 0 Å². The van der Waals surface area contributed by atoms with E-state index in [0.29, 0.717) is 17.9 Å². The molecular weight excluding hydrogens is 206 g/mol. The number of hydrogen-bond donors (Lipinski definition) is 1. The minimum Gasteiger partial charge on any atom is -0.314 e. The van der Waals surface area contributed by atoms with Gasteiger partial charge in [0.2, 0.25) is 0 Å². The second-order valence-electron chi connectivity index (χ2n) is 5.43. The predicted molar refractivity (Wildman–Crippen MR) is 76.5 cm³/mol.